The fourth-order valence-corrected chi connectivity index (χ4v) is 1.63. The fourth-order valence-electron chi connectivity index (χ4n) is 1.63. The molecule has 0 radical (unpaired) electrons. The van der Waals surface area contributed by atoms with Crippen LogP contribution in [-0.4, -0.2) is 9.78 Å². The molecule has 3 N–H and O–H groups in total. The van der Waals surface area contributed by atoms with Crippen molar-refractivity contribution in [2.24, 2.45) is 7.05 Å². The molecule has 0 spiro atoms. The average Bonchev–Trinajstić information content (AvgIpc) is 2.59. The van der Waals surface area contributed by atoms with Crippen LogP contribution in [-0.2, 0) is 20.1 Å². The molecule has 1 heterocycles. The van der Waals surface area contributed by atoms with Gasteiger partial charge in [-0.1, -0.05) is 30.3 Å². The first-order valence-corrected chi connectivity index (χ1v) is 5.28. The molecule has 0 saturated carbocycles. The third kappa shape index (κ3) is 2.61. The molecule has 0 unspecified atom stereocenters. The average molecular weight is 216 g/mol. The standard InChI is InChI=1S/C12H16N4/c1-16-9-11(12(13)15-16)8-14-7-10-5-3-2-4-6-10/h2-6,9,14H,7-8H2,1H3,(H2,13,15). The van der Waals surface area contributed by atoms with Gasteiger partial charge < -0.3 is 11.1 Å². The van der Waals surface area contributed by atoms with Gasteiger partial charge in [0.15, 0.2) is 0 Å². The molecular formula is C12H16N4. The molecule has 1 aromatic heterocycles. The molecule has 2 aromatic rings. The lowest BCUT2D eigenvalue weighted by Crippen LogP contribution is -2.13. The summed E-state index contributed by atoms with van der Waals surface area (Å²) in [6.07, 6.45) is 1.94. The van der Waals surface area contributed by atoms with E-state index in [1.807, 2.05) is 31.4 Å². The van der Waals surface area contributed by atoms with Gasteiger partial charge in [-0.05, 0) is 5.56 Å². The summed E-state index contributed by atoms with van der Waals surface area (Å²) in [5.41, 5.74) is 8.06. The maximum absolute atomic E-state index is 5.75. The van der Waals surface area contributed by atoms with E-state index in [0.717, 1.165) is 18.7 Å². The summed E-state index contributed by atoms with van der Waals surface area (Å²) in [7, 11) is 1.87. The second kappa shape index (κ2) is 4.81. The summed E-state index contributed by atoms with van der Waals surface area (Å²) in [5, 5.41) is 7.43. The summed E-state index contributed by atoms with van der Waals surface area (Å²) in [4.78, 5) is 0. The maximum atomic E-state index is 5.75. The minimum Gasteiger partial charge on any atom is -0.382 e. The van der Waals surface area contributed by atoms with Crippen molar-refractivity contribution in [3.63, 3.8) is 0 Å². The minimum atomic E-state index is 0.600. The van der Waals surface area contributed by atoms with E-state index in [9.17, 15) is 0 Å². The van der Waals surface area contributed by atoms with Crippen molar-refractivity contribution < 1.29 is 0 Å². The largest absolute Gasteiger partial charge is 0.382 e. The Morgan fingerprint density at radius 1 is 1.25 bits per heavy atom. The zero-order valence-corrected chi connectivity index (χ0v) is 9.35. The Bertz CT molecular complexity index is 447. The molecule has 84 valence electrons. The van der Waals surface area contributed by atoms with Crippen molar-refractivity contribution in [1.29, 1.82) is 0 Å². The Labute approximate surface area is 95.1 Å². The Hall–Kier alpha value is -1.81. The van der Waals surface area contributed by atoms with Crippen LogP contribution in [0, 0.1) is 0 Å². The third-order valence-electron chi connectivity index (χ3n) is 2.42. The molecule has 0 aliphatic rings. The van der Waals surface area contributed by atoms with Gasteiger partial charge in [-0.2, -0.15) is 5.10 Å². The zero-order chi connectivity index (χ0) is 11.4. The Morgan fingerprint density at radius 2 is 2.00 bits per heavy atom. The highest BCUT2D eigenvalue weighted by Gasteiger charge is 2.02. The van der Waals surface area contributed by atoms with E-state index in [1.165, 1.54) is 5.56 Å². The molecule has 0 atom stereocenters. The molecule has 4 heteroatoms. The molecule has 4 nitrogen and oxygen atoms in total. The van der Waals surface area contributed by atoms with Gasteiger partial charge in [-0.15, -0.1) is 0 Å². The van der Waals surface area contributed by atoms with Crippen LogP contribution in [0.15, 0.2) is 36.5 Å². The van der Waals surface area contributed by atoms with Gasteiger partial charge in [0.1, 0.15) is 5.82 Å². The number of aryl methyl sites for hydroxylation is 1. The number of hydrogen-bond donors (Lipinski definition) is 2. The number of nitrogens with two attached hydrogens (primary N) is 1. The van der Waals surface area contributed by atoms with Crippen molar-refractivity contribution in [1.82, 2.24) is 15.1 Å². The number of anilines is 1. The van der Waals surface area contributed by atoms with Gasteiger partial charge in [0.05, 0.1) is 0 Å². The predicted molar refractivity (Wildman–Crippen MR) is 64.6 cm³/mol. The minimum absolute atomic E-state index is 0.600. The van der Waals surface area contributed by atoms with E-state index in [0.29, 0.717) is 5.82 Å². The van der Waals surface area contributed by atoms with Crippen LogP contribution in [0.1, 0.15) is 11.1 Å². The molecular weight excluding hydrogens is 200 g/mol. The van der Waals surface area contributed by atoms with Gasteiger partial charge in [0.2, 0.25) is 0 Å². The van der Waals surface area contributed by atoms with Gasteiger partial charge in [-0.3, -0.25) is 4.68 Å². The predicted octanol–water partition coefficient (Wildman–Crippen LogP) is 1.29. The van der Waals surface area contributed by atoms with Crippen LogP contribution in [0.25, 0.3) is 0 Å². The summed E-state index contributed by atoms with van der Waals surface area (Å²) >= 11 is 0. The second-order valence-corrected chi connectivity index (χ2v) is 3.80. The SMILES string of the molecule is Cn1cc(CNCc2ccccc2)c(N)n1. The fraction of sp³-hybridized carbons (Fsp3) is 0.250. The van der Waals surface area contributed by atoms with Gasteiger partial charge in [0.25, 0.3) is 0 Å². The first kappa shape index (κ1) is 10.7. The molecule has 16 heavy (non-hydrogen) atoms. The molecule has 2 rings (SSSR count). The number of hydrogen-bond acceptors (Lipinski definition) is 3. The van der Waals surface area contributed by atoms with Crippen molar-refractivity contribution in [3.8, 4) is 0 Å². The quantitative estimate of drug-likeness (QED) is 0.809. The van der Waals surface area contributed by atoms with Crippen molar-refractivity contribution in [2.45, 2.75) is 13.1 Å². The van der Waals surface area contributed by atoms with Crippen LogP contribution < -0.4 is 11.1 Å². The lowest BCUT2D eigenvalue weighted by Gasteiger charge is -2.03. The van der Waals surface area contributed by atoms with Crippen molar-refractivity contribution >= 4 is 5.82 Å². The molecule has 0 aliphatic heterocycles. The molecule has 0 saturated heterocycles. The molecule has 0 bridgehead atoms. The second-order valence-electron chi connectivity index (χ2n) is 3.80. The van der Waals surface area contributed by atoms with E-state index in [4.69, 9.17) is 5.73 Å². The Morgan fingerprint density at radius 3 is 2.62 bits per heavy atom. The number of nitrogens with one attached hydrogen (secondary N) is 1. The number of benzene rings is 1. The molecule has 0 fully saturated rings. The third-order valence-corrected chi connectivity index (χ3v) is 2.42. The maximum Gasteiger partial charge on any atom is 0.149 e. The Balaban J connectivity index is 1.87. The normalized spacial score (nSPS) is 10.6. The van der Waals surface area contributed by atoms with Gasteiger partial charge >= 0.3 is 0 Å². The van der Waals surface area contributed by atoms with Crippen LogP contribution in [0.5, 0.6) is 0 Å². The first-order valence-electron chi connectivity index (χ1n) is 5.28. The van der Waals surface area contributed by atoms with E-state index >= 15 is 0 Å². The van der Waals surface area contributed by atoms with E-state index in [2.05, 4.69) is 22.5 Å². The van der Waals surface area contributed by atoms with E-state index in [-0.39, 0.29) is 0 Å². The van der Waals surface area contributed by atoms with E-state index in [1.54, 1.807) is 4.68 Å². The first-order chi connectivity index (χ1) is 7.75. The lowest BCUT2D eigenvalue weighted by molar-refractivity contribution is 0.692. The topological polar surface area (TPSA) is 55.9 Å². The van der Waals surface area contributed by atoms with Crippen molar-refractivity contribution in [3.05, 3.63) is 47.7 Å². The highest BCUT2D eigenvalue weighted by molar-refractivity contribution is 5.37. The highest BCUT2D eigenvalue weighted by atomic mass is 15.3. The van der Waals surface area contributed by atoms with Crippen LogP contribution in [0.3, 0.4) is 0 Å². The smallest absolute Gasteiger partial charge is 0.149 e. The van der Waals surface area contributed by atoms with Gasteiger partial charge in [0, 0.05) is 31.9 Å². The molecule has 0 amide bonds. The molecule has 0 aliphatic carbocycles. The van der Waals surface area contributed by atoms with Crippen LogP contribution in [0.4, 0.5) is 5.82 Å². The number of aromatic nitrogens is 2. The number of nitrogens with zero attached hydrogens (tertiary/aromatic N) is 2. The summed E-state index contributed by atoms with van der Waals surface area (Å²) in [5.74, 6) is 0.600. The summed E-state index contributed by atoms with van der Waals surface area (Å²) in [6, 6.07) is 10.3. The number of rotatable bonds is 4. The zero-order valence-electron chi connectivity index (χ0n) is 9.35. The summed E-state index contributed by atoms with van der Waals surface area (Å²) < 4.78 is 1.73. The lowest BCUT2D eigenvalue weighted by atomic mass is 10.2. The molecule has 1 aromatic carbocycles. The van der Waals surface area contributed by atoms with Crippen molar-refractivity contribution in [2.75, 3.05) is 5.73 Å². The van der Waals surface area contributed by atoms with Crippen LogP contribution >= 0.6 is 0 Å². The van der Waals surface area contributed by atoms with Gasteiger partial charge in [-0.25, -0.2) is 0 Å². The summed E-state index contributed by atoms with van der Waals surface area (Å²) in [6.45, 7) is 1.59. The van der Waals surface area contributed by atoms with Crippen LogP contribution in [0.2, 0.25) is 0 Å². The Kier molecular flexibility index (Phi) is 3.22. The monoisotopic (exact) mass is 216 g/mol. The number of nitrogen functional groups attached to an aromatic ring is 1. The van der Waals surface area contributed by atoms with E-state index < -0.39 is 0 Å². The highest BCUT2D eigenvalue weighted by Crippen LogP contribution is 2.07.